The Balaban J connectivity index is 1.68. The maximum absolute atomic E-state index is 12.3. The van der Waals surface area contributed by atoms with Gasteiger partial charge in [-0.3, -0.25) is 15.5 Å². The van der Waals surface area contributed by atoms with Gasteiger partial charge in [0, 0.05) is 10.6 Å². The lowest BCUT2D eigenvalue weighted by Gasteiger charge is -2.11. The number of rotatable bonds is 4. The van der Waals surface area contributed by atoms with Crippen LogP contribution in [0.2, 0.25) is 5.02 Å². The molecular formula is C16H14ClN5O2S2. The summed E-state index contributed by atoms with van der Waals surface area (Å²) in [6.07, 6.45) is 1.86. The number of furan rings is 1. The van der Waals surface area contributed by atoms with E-state index < -0.39 is 5.91 Å². The molecule has 0 bridgehead atoms. The lowest BCUT2D eigenvalue weighted by atomic mass is 10.2. The number of hydrogen-bond acceptors (Lipinski definition) is 6. The first kappa shape index (κ1) is 18.4. The number of thioether (sulfide) groups is 1. The molecule has 0 radical (unpaired) electrons. The third kappa shape index (κ3) is 4.06. The highest BCUT2D eigenvalue weighted by Crippen LogP contribution is 2.24. The minimum atomic E-state index is -0.466. The molecule has 0 fully saturated rings. The summed E-state index contributed by atoms with van der Waals surface area (Å²) in [5, 5.41) is 11.8. The van der Waals surface area contributed by atoms with Gasteiger partial charge in [0.15, 0.2) is 10.9 Å². The van der Waals surface area contributed by atoms with Gasteiger partial charge < -0.3 is 4.42 Å². The first-order valence-corrected chi connectivity index (χ1v) is 9.43. The number of halogens is 1. The summed E-state index contributed by atoms with van der Waals surface area (Å²) in [6, 6.07) is 10.5. The van der Waals surface area contributed by atoms with Crippen LogP contribution in [0.5, 0.6) is 0 Å². The standard InChI is InChI=1S/C16H14ClN5O2S2/c1-9-19-20-16(26-2)22(9)21-15(25)18-14(23)13-7-6-12(24-13)10-4-3-5-11(17)8-10/h3-8H,1-2H3,(H2,18,21,23,25). The highest BCUT2D eigenvalue weighted by molar-refractivity contribution is 7.98. The maximum atomic E-state index is 12.3. The van der Waals surface area contributed by atoms with Crippen molar-refractivity contribution in [1.82, 2.24) is 20.2 Å². The van der Waals surface area contributed by atoms with Crippen LogP contribution in [0.15, 0.2) is 46.0 Å². The molecule has 1 aromatic carbocycles. The largest absolute Gasteiger partial charge is 0.451 e. The van der Waals surface area contributed by atoms with Crippen LogP contribution in [0.3, 0.4) is 0 Å². The van der Waals surface area contributed by atoms with E-state index in [0.29, 0.717) is 21.8 Å². The molecule has 2 aromatic heterocycles. The van der Waals surface area contributed by atoms with Crippen molar-refractivity contribution in [2.45, 2.75) is 12.1 Å². The van der Waals surface area contributed by atoms with Crippen LogP contribution in [0.1, 0.15) is 16.4 Å². The summed E-state index contributed by atoms with van der Waals surface area (Å²) in [5.74, 6) is 0.824. The molecule has 10 heteroatoms. The lowest BCUT2D eigenvalue weighted by Crippen LogP contribution is -2.38. The molecule has 26 heavy (non-hydrogen) atoms. The minimum absolute atomic E-state index is 0.105. The summed E-state index contributed by atoms with van der Waals surface area (Å²) < 4.78 is 7.19. The van der Waals surface area contributed by atoms with E-state index in [1.54, 1.807) is 35.9 Å². The Labute approximate surface area is 164 Å². The molecule has 0 spiro atoms. The SMILES string of the molecule is CSc1nnc(C)n1NC(=S)NC(=O)c1ccc(-c2cccc(Cl)c2)o1. The zero-order valence-corrected chi connectivity index (χ0v) is 16.2. The number of hydrogen-bond donors (Lipinski definition) is 2. The number of benzene rings is 1. The Morgan fingerprint density at radius 3 is 2.85 bits per heavy atom. The molecule has 0 atom stereocenters. The molecule has 1 amide bonds. The molecule has 134 valence electrons. The molecule has 3 aromatic rings. The Hall–Kier alpha value is -2.36. The van der Waals surface area contributed by atoms with E-state index in [-0.39, 0.29) is 10.9 Å². The highest BCUT2D eigenvalue weighted by Gasteiger charge is 2.15. The molecule has 0 aliphatic rings. The van der Waals surface area contributed by atoms with Crippen molar-refractivity contribution in [3.05, 3.63) is 53.0 Å². The first-order chi connectivity index (χ1) is 12.5. The Kier molecular flexibility index (Phi) is 5.60. The van der Waals surface area contributed by atoms with Crippen LogP contribution in [0.4, 0.5) is 0 Å². The molecule has 3 rings (SSSR count). The number of aromatic nitrogens is 3. The van der Waals surface area contributed by atoms with E-state index in [9.17, 15) is 4.79 Å². The van der Waals surface area contributed by atoms with Gasteiger partial charge in [-0.2, -0.15) is 0 Å². The number of nitrogens with zero attached hydrogens (tertiary/aromatic N) is 3. The van der Waals surface area contributed by atoms with Crippen molar-refractivity contribution in [3.63, 3.8) is 0 Å². The molecule has 7 nitrogen and oxygen atoms in total. The van der Waals surface area contributed by atoms with Crippen LogP contribution < -0.4 is 10.7 Å². The molecule has 0 unspecified atom stereocenters. The fourth-order valence-corrected chi connectivity index (χ4v) is 3.01. The Bertz CT molecular complexity index is 969. The molecule has 0 saturated carbocycles. The predicted molar refractivity (Wildman–Crippen MR) is 105 cm³/mol. The van der Waals surface area contributed by atoms with Crippen molar-refractivity contribution in [3.8, 4) is 11.3 Å². The van der Waals surface area contributed by atoms with Crippen LogP contribution in [0.25, 0.3) is 11.3 Å². The minimum Gasteiger partial charge on any atom is -0.451 e. The summed E-state index contributed by atoms with van der Waals surface area (Å²) >= 11 is 12.6. The molecule has 0 aliphatic carbocycles. The second kappa shape index (κ2) is 7.90. The van der Waals surface area contributed by atoms with Crippen molar-refractivity contribution in [1.29, 1.82) is 0 Å². The number of nitrogens with one attached hydrogen (secondary N) is 2. The molecule has 2 heterocycles. The van der Waals surface area contributed by atoms with Gasteiger partial charge in [0.2, 0.25) is 5.16 Å². The average molecular weight is 408 g/mol. The molecule has 0 saturated heterocycles. The number of amides is 1. The fourth-order valence-electron chi connectivity index (χ4n) is 2.15. The predicted octanol–water partition coefficient (Wildman–Crippen LogP) is 3.48. The third-order valence-electron chi connectivity index (χ3n) is 3.36. The topological polar surface area (TPSA) is 85.0 Å². The van der Waals surface area contributed by atoms with Crippen LogP contribution in [-0.2, 0) is 0 Å². The van der Waals surface area contributed by atoms with Gasteiger partial charge in [-0.1, -0.05) is 35.5 Å². The summed E-state index contributed by atoms with van der Waals surface area (Å²) in [4.78, 5) is 12.3. The van der Waals surface area contributed by atoms with Gasteiger partial charge in [0.1, 0.15) is 11.6 Å². The van der Waals surface area contributed by atoms with Crippen LogP contribution in [0, 0.1) is 6.92 Å². The molecular weight excluding hydrogens is 394 g/mol. The Morgan fingerprint density at radius 2 is 2.12 bits per heavy atom. The smallest absolute Gasteiger partial charge is 0.293 e. The van der Waals surface area contributed by atoms with E-state index >= 15 is 0 Å². The maximum Gasteiger partial charge on any atom is 0.293 e. The van der Waals surface area contributed by atoms with E-state index in [1.165, 1.54) is 11.8 Å². The van der Waals surface area contributed by atoms with Crippen molar-refractivity contribution in [2.75, 3.05) is 11.7 Å². The van der Waals surface area contributed by atoms with Crippen LogP contribution >= 0.6 is 35.6 Å². The van der Waals surface area contributed by atoms with Gasteiger partial charge in [-0.25, -0.2) is 4.68 Å². The third-order valence-corrected chi connectivity index (χ3v) is 4.41. The molecule has 2 N–H and O–H groups in total. The van der Waals surface area contributed by atoms with Crippen molar-refractivity contribution >= 4 is 46.6 Å². The molecule has 0 aliphatic heterocycles. The number of carbonyl (C=O) groups excluding carboxylic acids is 1. The Morgan fingerprint density at radius 1 is 1.31 bits per heavy atom. The normalized spacial score (nSPS) is 10.6. The van der Waals surface area contributed by atoms with Gasteiger partial charge in [0.25, 0.3) is 5.91 Å². The first-order valence-electron chi connectivity index (χ1n) is 7.42. The van der Waals surface area contributed by atoms with Gasteiger partial charge in [0.05, 0.1) is 0 Å². The second-order valence-electron chi connectivity index (χ2n) is 5.14. The fraction of sp³-hybridized carbons (Fsp3) is 0.125. The van der Waals surface area contributed by atoms with Gasteiger partial charge in [-0.05, 0) is 49.7 Å². The zero-order valence-electron chi connectivity index (χ0n) is 13.8. The average Bonchev–Trinajstić information content (AvgIpc) is 3.23. The summed E-state index contributed by atoms with van der Waals surface area (Å²) in [5.41, 5.74) is 3.65. The van der Waals surface area contributed by atoms with Crippen LogP contribution in [-0.4, -0.2) is 32.1 Å². The highest BCUT2D eigenvalue weighted by atomic mass is 35.5. The summed E-state index contributed by atoms with van der Waals surface area (Å²) in [7, 11) is 0. The summed E-state index contributed by atoms with van der Waals surface area (Å²) in [6.45, 7) is 1.77. The lowest BCUT2D eigenvalue weighted by molar-refractivity contribution is 0.0951. The van der Waals surface area contributed by atoms with Crippen molar-refractivity contribution in [2.24, 2.45) is 0 Å². The van der Waals surface area contributed by atoms with Gasteiger partial charge >= 0.3 is 0 Å². The zero-order chi connectivity index (χ0) is 18.7. The van der Waals surface area contributed by atoms with Crippen molar-refractivity contribution < 1.29 is 9.21 Å². The quantitative estimate of drug-likeness (QED) is 0.505. The number of aryl methyl sites for hydroxylation is 1. The van der Waals surface area contributed by atoms with E-state index in [0.717, 1.165) is 5.56 Å². The second-order valence-corrected chi connectivity index (χ2v) is 6.76. The van der Waals surface area contributed by atoms with E-state index in [1.807, 2.05) is 18.4 Å². The van der Waals surface area contributed by atoms with Gasteiger partial charge in [-0.15, -0.1) is 10.2 Å². The number of carbonyl (C=O) groups is 1. The van der Waals surface area contributed by atoms with E-state index in [2.05, 4.69) is 20.9 Å². The number of thiocarbonyl (C=S) groups is 1. The van der Waals surface area contributed by atoms with E-state index in [4.69, 9.17) is 28.2 Å². The monoisotopic (exact) mass is 407 g/mol.